The molecule has 0 bridgehead atoms. The van der Waals surface area contributed by atoms with Crippen molar-refractivity contribution in [1.82, 2.24) is 0 Å². The van der Waals surface area contributed by atoms with Crippen molar-refractivity contribution in [3.63, 3.8) is 0 Å². The number of benzene rings is 2. The van der Waals surface area contributed by atoms with Gasteiger partial charge in [0.1, 0.15) is 6.61 Å². The molecule has 2 aromatic rings. The van der Waals surface area contributed by atoms with E-state index in [4.69, 9.17) is 10.5 Å². The van der Waals surface area contributed by atoms with Crippen LogP contribution in [-0.2, 0) is 16.1 Å². The molecular weight excluding hydrogens is 298 g/mol. The van der Waals surface area contributed by atoms with Crippen LogP contribution in [0.25, 0.3) is 0 Å². The summed E-state index contributed by atoms with van der Waals surface area (Å²) in [5.41, 5.74) is 6.93. The van der Waals surface area contributed by atoms with Gasteiger partial charge in [-0.3, -0.25) is 4.79 Å². The Kier molecular flexibility index (Phi) is 5.09. The third kappa shape index (κ3) is 4.16. The van der Waals surface area contributed by atoms with Crippen LogP contribution in [0.1, 0.15) is 36.6 Å². The minimum absolute atomic E-state index is 0.0673. The summed E-state index contributed by atoms with van der Waals surface area (Å²) in [6.45, 7) is 0.0673. The van der Waals surface area contributed by atoms with E-state index in [1.54, 1.807) is 24.3 Å². The van der Waals surface area contributed by atoms with Crippen molar-refractivity contribution in [2.75, 3.05) is 7.11 Å². The van der Waals surface area contributed by atoms with Crippen LogP contribution in [0.5, 0.6) is 0 Å². The summed E-state index contributed by atoms with van der Waals surface area (Å²) in [5, 5.41) is 0. The first-order chi connectivity index (χ1) is 11.0. The lowest BCUT2D eigenvalue weighted by molar-refractivity contribution is 0.0471. The largest absolute Gasteiger partial charge is 0.465 e. The maximum atomic E-state index is 11.9. The molecule has 2 aromatic carbocycles. The van der Waals surface area contributed by atoms with Crippen molar-refractivity contribution >= 4 is 17.8 Å². The van der Waals surface area contributed by atoms with Gasteiger partial charge in [0.15, 0.2) is 0 Å². The summed E-state index contributed by atoms with van der Waals surface area (Å²) in [5.74, 6) is -1.50. The average Bonchev–Trinajstić information content (AvgIpc) is 2.59. The first-order valence-corrected chi connectivity index (χ1v) is 6.75. The molecule has 0 atom stereocenters. The van der Waals surface area contributed by atoms with Gasteiger partial charge >= 0.3 is 11.9 Å². The van der Waals surface area contributed by atoms with Crippen LogP contribution in [0, 0.1) is 0 Å². The molecular formula is C17H15NO5. The maximum absolute atomic E-state index is 11.9. The zero-order chi connectivity index (χ0) is 16.8. The second-order valence-electron chi connectivity index (χ2n) is 4.71. The summed E-state index contributed by atoms with van der Waals surface area (Å²) >= 11 is 0. The number of carbonyl (C=O) groups excluding carboxylic acids is 3. The zero-order valence-electron chi connectivity index (χ0n) is 12.4. The number of hydrogen-bond donors (Lipinski definition) is 1. The number of hydrogen-bond acceptors (Lipinski definition) is 5. The van der Waals surface area contributed by atoms with E-state index in [-0.39, 0.29) is 6.61 Å². The van der Waals surface area contributed by atoms with E-state index in [0.717, 1.165) is 5.56 Å². The monoisotopic (exact) mass is 313 g/mol. The Morgan fingerprint density at radius 1 is 0.826 bits per heavy atom. The Morgan fingerprint density at radius 3 is 1.83 bits per heavy atom. The SMILES string of the molecule is COC(=O)c1ccc(COC(=O)c2ccc(C(N)=O)cc2)cc1. The molecule has 0 unspecified atom stereocenters. The standard InChI is InChI=1S/C17H15NO5/c1-22-16(20)13-4-2-11(3-5-13)10-23-17(21)14-8-6-12(7-9-14)15(18)19/h2-9H,10H2,1H3,(H2,18,19). The molecule has 1 amide bonds. The van der Waals surface area contributed by atoms with Crippen LogP contribution in [0.15, 0.2) is 48.5 Å². The number of ether oxygens (including phenoxy) is 2. The molecule has 0 saturated carbocycles. The minimum Gasteiger partial charge on any atom is -0.465 e. The highest BCUT2D eigenvalue weighted by molar-refractivity contribution is 5.95. The molecule has 0 fully saturated rings. The fourth-order valence-electron chi connectivity index (χ4n) is 1.86. The van der Waals surface area contributed by atoms with Gasteiger partial charge in [-0.15, -0.1) is 0 Å². The number of methoxy groups -OCH3 is 1. The molecule has 0 saturated heterocycles. The van der Waals surface area contributed by atoms with Crippen LogP contribution in [0.4, 0.5) is 0 Å². The second kappa shape index (κ2) is 7.22. The third-order valence-corrected chi connectivity index (χ3v) is 3.15. The van der Waals surface area contributed by atoms with Crippen molar-refractivity contribution in [3.8, 4) is 0 Å². The first-order valence-electron chi connectivity index (χ1n) is 6.75. The Bertz CT molecular complexity index is 720. The number of amides is 1. The van der Waals surface area contributed by atoms with Crippen LogP contribution >= 0.6 is 0 Å². The minimum atomic E-state index is -0.560. The van der Waals surface area contributed by atoms with Gasteiger partial charge in [-0.05, 0) is 42.0 Å². The van der Waals surface area contributed by atoms with Gasteiger partial charge in [0.05, 0.1) is 18.2 Å². The molecule has 0 aliphatic heterocycles. The molecule has 0 heterocycles. The van der Waals surface area contributed by atoms with Crippen LogP contribution in [0.2, 0.25) is 0 Å². The predicted molar refractivity (Wildman–Crippen MR) is 81.9 cm³/mol. The summed E-state index contributed by atoms with van der Waals surface area (Å²) in [6, 6.07) is 12.4. The van der Waals surface area contributed by atoms with Crippen LogP contribution in [0.3, 0.4) is 0 Å². The van der Waals surface area contributed by atoms with Crippen LogP contribution in [-0.4, -0.2) is 25.0 Å². The van der Waals surface area contributed by atoms with Gasteiger partial charge in [-0.2, -0.15) is 0 Å². The summed E-state index contributed by atoms with van der Waals surface area (Å²) in [7, 11) is 1.31. The van der Waals surface area contributed by atoms with E-state index in [9.17, 15) is 14.4 Å². The molecule has 118 valence electrons. The van der Waals surface area contributed by atoms with E-state index >= 15 is 0 Å². The van der Waals surface area contributed by atoms with Crippen molar-refractivity contribution in [2.24, 2.45) is 5.73 Å². The smallest absolute Gasteiger partial charge is 0.338 e. The normalized spacial score (nSPS) is 9.96. The fourth-order valence-corrected chi connectivity index (χ4v) is 1.86. The first kappa shape index (κ1) is 16.2. The number of rotatable bonds is 5. The van der Waals surface area contributed by atoms with Crippen molar-refractivity contribution in [2.45, 2.75) is 6.61 Å². The molecule has 2 rings (SSSR count). The van der Waals surface area contributed by atoms with Gasteiger partial charge in [0.25, 0.3) is 0 Å². The third-order valence-electron chi connectivity index (χ3n) is 3.15. The molecule has 2 N–H and O–H groups in total. The van der Waals surface area contributed by atoms with E-state index in [0.29, 0.717) is 16.7 Å². The van der Waals surface area contributed by atoms with Gasteiger partial charge in [0.2, 0.25) is 5.91 Å². The molecule has 23 heavy (non-hydrogen) atoms. The molecule has 0 aliphatic carbocycles. The summed E-state index contributed by atoms with van der Waals surface area (Å²) in [6.07, 6.45) is 0. The average molecular weight is 313 g/mol. The number of carbonyl (C=O) groups is 3. The van der Waals surface area contributed by atoms with E-state index in [2.05, 4.69) is 4.74 Å². The van der Waals surface area contributed by atoms with Gasteiger partial charge in [-0.25, -0.2) is 9.59 Å². The molecule has 0 aliphatic rings. The lowest BCUT2D eigenvalue weighted by Gasteiger charge is -2.06. The van der Waals surface area contributed by atoms with Crippen molar-refractivity contribution in [3.05, 3.63) is 70.8 Å². The highest BCUT2D eigenvalue weighted by Gasteiger charge is 2.09. The van der Waals surface area contributed by atoms with E-state index in [1.165, 1.54) is 31.4 Å². The Hall–Kier alpha value is -3.15. The second-order valence-corrected chi connectivity index (χ2v) is 4.71. The number of primary amides is 1. The van der Waals surface area contributed by atoms with Gasteiger partial charge < -0.3 is 15.2 Å². The van der Waals surface area contributed by atoms with Gasteiger partial charge in [0, 0.05) is 5.56 Å². The lowest BCUT2D eigenvalue weighted by atomic mass is 10.1. The molecule has 6 nitrogen and oxygen atoms in total. The Morgan fingerprint density at radius 2 is 1.30 bits per heavy atom. The predicted octanol–water partition coefficient (Wildman–Crippen LogP) is 1.93. The Labute approximate surface area is 132 Å². The van der Waals surface area contributed by atoms with Crippen molar-refractivity contribution in [1.29, 1.82) is 0 Å². The Balaban J connectivity index is 1.96. The molecule has 0 radical (unpaired) electrons. The van der Waals surface area contributed by atoms with Crippen molar-refractivity contribution < 1.29 is 23.9 Å². The molecule has 0 spiro atoms. The summed E-state index contributed by atoms with van der Waals surface area (Å²) < 4.78 is 9.77. The highest BCUT2D eigenvalue weighted by atomic mass is 16.5. The van der Waals surface area contributed by atoms with Gasteiger partial charge in [-0.1, -0.05) is 12.1 Å². The quantitative estimate of drug-likeness (QED) is 0.851. The van der Waals surface area contributed by atoms with E-state index < -0.39 is 17.8 Å². The fraction of sp³-hybridized carbons (Fsp3) is 0.118. The zero-order valence-corrected chi connectivity index (χ0v) is 12.4. The summed E-state index contributed by atoms with van der Waals surface area (Å²) in [4.78, 5) is 34.2. The number of esters is 2. The number of nitrogens with two attached hydrogens (primary N) is 1. The van der Waals surface area contributed by atoms with Crippen LogP contribution < -0.4 is 5.73 Å². The van der Waals surface area contributed by atoms with E-state index in [1.807, 2.05) is 0 Å². The topological polar surface area (TPSA) is 95.7 Å². The highest BCUT2D eigenvalue weighted by Crippen LogP contribution is 2.10. The molecule has 0 aromatic heterocycles. The molecule has 6 heteroatoms. The maximum Gasteiger partial charge on any atom is 0.338 e. The lowest BCUT2D eigenvalue weighted by Crippen LogP contribution is -2.11.